The van der Waals surface area contributed by atoms with E-state index in [0.717, 1.165) is 19.6 Å². The largest absolute Gasteiger partial charge is 0.384 e. The molecule has 0 amide bonds. The molecule has 0 bridgehead atoms. The Bertz CT molecular complexity index is 88.1. The zero-order valence-electron chi connectivity index (χ0n) is 4.48. The van der Waals surface area contributed by atoms with Gasteiger partial charge in [-0.3, -0.25) is 4.99 Å². The molecule has 1 rings (SSSR count). The van der Waals surface area contributed by atoms with Crippen LogP contribution < -0.4 is 0 Å². The monoisotopic (exact) mass is 99.1 g/mol. The summed E-state index contributed by atoms with van der Waals surface area (Å²) in [6.07, 6.45) is 1.04. The number of hydrogen-bond acceptors (Lipinski definition) is 2. The second-order valence-electron chi connectivity index (χ2n) is 1.63. The van der Waals surface area contributed by atoms with E-state index in [1.54, 1.807) is 7.11 Å². The van der Waals surface area contributed by atoms with Crippen LogP contribution >= 0.6 is 0 Å². The molecule has 0 aromatic carbocycles. The highest BCUT2D eigenvalue weighted by Crippen LogP contribution is 2.00. The Morgan fingerprint density at radius 1 is 1.86 bits per heavy atom. The molecule has 0 atom stereocenters. The Balaban J connectivity index is 1.89. The minimum Gasteiger partial charge on any atom is -0.384 e. The van der Waals surface area contributed by atoms with Gasteiger partial charge in [-0.15, -0.1) is 0 Å². The van der Waals surface area contributed by atoms with Crippen molar-refractivity contribution in [2.75, 3.05) is 20.3 Å². The van der Waals surface area contributed by atoms with Gasteiger partial charge in [0.15, 0.2) is 0 Å². The van der Waals surface area contributed by atoms with Crippen molar-refractivity contribution in [3.05, 3.63) is 0 Å². The zero-order chi connectivity index (χ0) is 5.11. The highest BCUT2D eigenvalue weighted by atomic mass is 16.5. The van der Waals surface area contributed by atoms with Crippen LogP contribution in [0.1, 0.15) is 6.42 Å². The summed E-state index contributed by atoms with van der Waals surface area (Å²) < 4.78 is 4.81. The first-order valence-electron chi connectivity index (χ1n) is 2.44. The Morgan fingerprint density at radius 3 is 3.00 bits per heavy atom. The highest BCUT2D eigenvalue weighted by Gasteiger charge is 2.06. The normalized spacial score (nSPS) is 16.4. The topological polar surface area (TPSA) is 21.6 Å². The average Bonchev–Trinajstić information content (AvgIpc) is 2.42. The lowest BCUT2D eigenvalue weighted by Crippen LogP contribution is -1.91. The summed E-state index contributed by atoms with van der Waals surface area (Å²) in [6.45, 7) is 1.82. The van der Waals surface area contributed by atoms with Crippen molar-refractivity contribution < 1.29 is 4.74 Å². The van der Waals surface area contributed by atoms with Gasteiger partial charge in [0.1, 0.15) is 0 Å². The summed E-state index contributed by atoms with van der Waals surface area (Å²) in [6, 6.07) is 0. The quantitative estimate of drug-likeness (QED) is 0.504. The Labute approximate surface area is 43.2 Å². The molecule has 0 radical (unpaired) electrons. The van der Waals surface area contributed by atoms with E-state index in [-0.39, 0.29) is 0 Å². The maximum atomic E-state index is 4.81. The molecule has 0 N–H and O–H groups in total. The third kappa shape index (κ3) is 1.69. The highest BCUT2D eigenvalue weighted by molar-refractivity contribution is 5.96. The molecular weight excluding hydrogens is 90.1 g/mol. The molecule has 1 heterocycles. The van der Waals surface area contributed by atoms with E-state index in [0.29, 0.717) is 0 Å². The van der Waals surface area contributed by atoms with Gasteiger partial charge in [0.25, 0.3) is 0 Å². The predicted octanol–water partition coefficient (Wildman–Crippen LogP) is 0.478. The van der Waals surface area contributed by atoms with Gasteiger partial charge in [0, 0.05) is 19.2 Å². The minimum atomic E-state index is 0.832. The molecule has 0 aromatic heterocycles. The molecule has 2 nitrogen and oxygen atoms in total. The molecule has 1 aliphatic heterocycles. The number of hydrogen-bond donors (Lipinski definition) is 0. The Kier molecular flexibility index (Phi) is 1.42. The summed E-state index contributed by atoms with van der Waals surface area (Å²) in [4.78, 5) is 3.98. The summed E-state index contributed by atoms with van der Waals surface area (Å²) in [5.41, 5.74) is 1.31. The molecule has 0 saturated heterocycles. The number of ether oxygens (including phenoxy) is 1. The van der Waals surface area contributed by atoms with E-state index < -0.39 is 0 Å². The van der Waals surface area contributed by atoms with Crippen molar-refractivity contribution in [3.8, 4) is 0 Å². The van der Waals surface area contributed by atoms with Crippen LogP contribution in [0.5, 0.6) is 0 Å². The van der Waals surface area contributed by atoms with Crippen LogP contribution in [-0.2, 0) is 4.74 Å². The fourth-order valence-corrected chi connectivity index (χ4v) is 0.434. The smallest absolute Gasteiger partial charge is 0.0769 e. The first-order valence-corrected chi connectivity index (χ1v) is 2.44. The van der Waals surface area contributed by atoms with Gasteiger partial charge >= 0.3 is 0 Å². The summed E-state index contributed by atoms with van der Waals surface area (Å²) in [5, 5.41) is 0. The lowest BCUT2D eigenvalue weighted by Gasteiger charge is -1.87. The number of aliphatic imine (C=N–C) groups is 1. The fraction of sp³-hybridized carbons (Fsp3) is 0.800. The van der Waals surface area contributed by atoms with E-state index in [2.05, 4.69) is 4.99 Å². The fourth-order valence-electron chi connectivity index (χ4n) is 0.434. The molecule has 0 spiro atoms. The van der Waals surface area contributed by atoms with Crippen molar-refractivity contribution in [1.29, 1.82) is 0 Å². The third-order valence-electron chi connectivity index (χ3n) is 0.976. The number of nitrogens with zero attached hydrogens (tertiary/aromatic N) is 1. The van der Waals surface area contributed by atoms with Gasteiger partial charge in [-0.05, 0) is 0 Å². The molecule has 0 fully saturated rings. The Hall–Kier alpha value is -0.370. The molecule has 2 heteroatoms. The molecule has 0 unspecified atom stereocenters. The van der Waals surface area contributed by atoms with Crippen LogP contribution in [0.25, 0.3) is 0 Å². The maximum Gasteiger partial charge on any atom is 0.0769 e. The standard InChI is InChI=1S/C5H9NO/c1-7-3-2-5-4-6-5/h2-4H2,1H3. The SMILES string of the molecule is COCCC1=NC1. The number of methoxy groups -OCH3 is 1. The molecular formula is C5H9NO. The van der Waals surface area contributed by atoms with Crippen molar-refractivity contribution in [2.45, 2.75) is 6.42 Å². The molecule has 0 aromatic rings. The minimum absolute atomic E-state index is 0.832. The molecule has 7 heavy (non-hydrogen) atoms. The van der Waals surface area contributed by atoms with Gasteiger partial charge in [0.2, 0.25) is 0 Å². The number of rotatable bonds is 3. The van der Waals surface area contributed by atoms with E-state index in [4.69, 9.17) is 4.74 Å². The molecule has 1 aliphatic rings. The van der Waals surface area contributed by atoms with Crippen LogP contribution in [0.15, 0.2) is 4.99 Å². The average molecular weight is 99.1 g/mol. The van der Waals surface area contributed by atoms with Crippen LogP contribution in [0.4, 0.5) is 0 Å². The van der Waals surface area contributed by atoms with Crippen LogP contribution in [0, 0.1) is 0 Å². The first kappa shape index (κ1) is 4.78. The van der Waals surface area contributed by atoms with Gasteiger partial charge in [0.05, 0.1) is 13.2 Å². The van der Waals surface area contributed by atoms with Crippen LogP contribution in [-0.4, -0.2) is 26.0 Å². The first-order chi connectivity index (χ1) is 3.43. The van der Waals surface area contributed by atoms with Crippen LogP contribution in [0.2, 0.25) is 0 Å². The van der Waals surface area contributed by atoms with Gasteiger partial charge in [-0.2, -0.15) is 0 Å². The maximum absolute atomic E-state index is 4.81. The van der Waals surface area contributed by atoms with Gasteiger partial charge in [-0.1, -0.05) is 0 Å². The lowest BCUT2D eigenvalue weighted by molar-refractivity contribution is 0.208. The second kappa shape index (κ2) is 2.07. The van der Waals surface area contributed by atoms with Gasteiger partial charge in [-0.25, -0.2) is 0 Å². The second-order valence-corrected chi connectivity index (χ2v) is 1.63. The molecule has 40 valence electrons. The van der Waals surface area contributed by atoms with Crippen molar-refractivity contribution >= 4 is 5.71 Å². The lowest BCUT2D eigenvalue weighted by atomic mass is 10.4. The van der Waals surface area contributed by atoms with E-state index in [1.807, 2.05) is 0 Å². The molecule has 0 aliphatic carbocycles. The predicted molar refractivity (Wildman–Crippen MR) is 28.8 cm³/mol. The molecule has 0 saturated carbocycles. The third-order valence-corrected chi connectivity index (χ3v) is 0.976. The summed E-state index contributed by atoms with van der Waals surface area (Å²) in [5.74, 6) is 0. The van der Waals surface area contributed by atoms with Crippen molar-refractivity contribution in [1.82, 2.24) is 0 Å². The zero-order valence-corrected chi connectivity index (χ0v) is 4.48. The van der Waals surface area contributed by atoms with E-state index in [1.165, 1.54) is 5.71 Å². The van der Waals surface area contributed by atoms with Gasteiger partial charge < -0.3 is 4.74 Å². The van der Waals surface area contributed by atoms with Crippen LogP contribution in [0.3, 0.4) is 0 Å². The van der Waals surface area contributed by atoms with Crippen molar-refractivity contribution in [2.24, 2.45) is 4.99 Å². The Morgan fingerprint density at radius 2 is 2.57 bits per heavy atom. The summed E-state index contributed by atoms with van der Waals surface area (Å²) >= 11 is 0. The van der Waals surface area contributed by atoms with Crippen molar-refractivity contribution in [3.63, 3.8) is 0 Å². The van der Waals surface area contributed by atoms with E-state index in [9.17, 15) is 0 Å². The van der Waals surface area contributed by atoms with E-state index >= 15 is 0 Å². The summed E-state index contributed by atoms with van der Waals surface area (Å²) in [7, 11) is 1.71.